The molecule has 1 heterocycles. The number of aldehydes is 1. The lowest BCUT2D eigenvalue weighted by atomic mass is 9.72. The number of aliphatic hydroxyl groups excluding tert-OH is 1. The number of hydrogen-bond acceptors (Lipinski definition) is 7. The average molecular weight is 468 g/mol. The number of nitrogens with zero attached hydrogens (tertiary/aromatic N) is 1. The fourth-order valence-corrected chi connectivity index (χ4v) is 8.23. The highest BCUT2D eigenvalue weighted by Crippen LogP contribution is 2.49. The molecule has 0 radical (unpaired) electrons. The van der Waals surface area contributed by atoms with Crippen LogP contribution in [0.2, 0.25) is 0 Å². The second-order valence-electron chi connectivity index (χ2n) is 8.20. The van der Waals surface area contributed by atoms with Gasteiger partial charge in [-0.05, 0) is 74.5 Å². The molecule has 4 N–H and O–H groups in total. The molecule has 7 nitrogen and oxygen atoms in total. The molecule has 0 bridgehead atoms. The smallest absolute Gasteiger partial charge is 0.229 e. The molecule has 0 aromatic heterocycles. The average Bonchev–Trinajstić information content (AvgIpc) is 3.31. The molecule has 1 aliphatic heterocycles. The van der Waals surface area contributed by atoms with E-state index < -0.39 is 20.8 Å². The Labute approximate surface area is 189 Å². The van der Waals surface area contributed by atoms with Crippen LogP contribution in [0.1, 0.15) is 50.2 Å². The normalized spacial score (nSPS) is 24.4. The van der Waals surface area contributed by atoms with E-state index in [0.29, 0.717) is 31.0 Å². The number of sulfonamides is 1. The van der Waals surface area contributed by atoms with E-state index in [4.69, 9.17) is 5.73 Å². The van der Waals surface area contributed by atoms with Gasteiger partial charge in [-0.15, -0.1) is 0 Å². The molecular weight excluding hydrogens is 434 g/mol. The van der Waals surface area contributed by atoms with E-state index >= 15 is 0 Å². The zero-order valence-corrected chi connectivity index (χ0v) is 19.7. The van der Waals surface area contributed by atoms with Gasteiger partial charge in [-0.3, -0.25) is 4.90 Å². The van der Waals surface area contributed by atoms with E-state index in [1.807, 2.05) is 31.2 Å². The molecule has 1 fully saturated rings. The standard InChI is InChI=1S/C22H33N3O4S2/c1-17-18-8-2-3-9-20(18)22(16-27,25-12-5-6-13-25)21(19(17)10-14-26)31(28,29)24-30-15-7-4-11-23/h2-3,8-9,14,21,24,27H,4-7,10-13,15-16,23H2,1H3. The Hall–Kier alpha value is -1.23. The maximum absolute atomic E-state index is 13.7. The maximum atomic E-state index is 13.7. The molecule has 3 rings (SSSR count). The lowest BCUT2D eigenvalue weighted by molar-refractivity contribution is -0.107. The summed E-state index contributed by atoms with van der Waals surface area (Å²) in [5.41, 5.74) is 7.48. The minimum atomic E-state index is -3.91. The predicted molar refractivity (Wildman–Crippen MR) is 126 cm³/mol. The van der Waals surface area contributed by atoms with E-state index in [-0.39, 0.29) is 13.0 Å². The first kappa shape index (κ1) is 24.4. The van der Waals surface area contributed by atoms with Gasteiger partial charge in [-0.25, -0.2) is 8.42 Å². The summed E-state index contributed by atoms with van der Waals surface area (Å²) < 4.78 is 30.2. The van der Waals surface area contributed by atoms with Crippen molar-refractivity contribution < 1.29 is 18.3 Å². The summed E-state index contributed by atoms with van der Waals surface area (Å²) in [5.74, 6) is 0.612. The summed E-state index contributed by atoms with van der Waals surface area (Å²) in [4.78, 5) is 13.7. The molecule has 172 valence electrons. The number of unbranched alkanes of at least 4 members (excludes halogenated alkanes) is 1. The highest BCUT2D eigenvalue weighted by Gasteiger charge is 2.56. The molecule has 2 aliphatic rings. The summed E-state index contributed by atoms with van der Waals surface area (Å²) >= 11 is 1.15. The van der Waals surface area contributed by atoms with E-state index in [0.717, 1.165) is 60.6 Å². The number of rotatable bonds is 11. The van der Waals surface area contributed by atoms with Crippen molar-refractivity contribution in [3.8, 4) is 0 Å². The van der Waals surface area contributed by atoms with Crippen LogP contribution in [0.15, 0.2) is 29.8 Å². The van der Waals surface area contributed by atoms with E-state index in [2.05, 4.69) is 9.03 Å². The number of nitrogens with two attached hydrogens (primary N) is 1. The summed E-state index contributed by atoms with van der Waals surface area (Å²) in [6.07, 6.45) is 4.31. The Morgan fingerprint density at radius 3 is 2.65 bits per heavy atom. The summed E-state index contributed by atoms with van der Waals surface area (Å²) in [6.45, 7) is 3.51. The van der Waals surface area contributed by atoms with Gasteiger partial charge in [-0.2, -0.15) is 4.13 Å². The van der Waals surface area contributed by atoms with Crippen molar-refractivity contribution >= 4 is 33.8 Å². The molecule has 2 unspecified atom stereocenters. The quantitative estimate of drug-likeness (QED) is 0.259. The molecule has 2 atom stereocenters. The highest BCUT2D eigenvalue weighted by molar-refractivity contribution is 8.09. The van der Waals surface area contributed by atoms with Gasteiger partial charge in [0.05, 0.1) is 12.1 Å². The number of hydrogen-bond donors (Lipinski definition) is 3. The number of nitrogens with one attached hydrogen (secondary N) is 1. The second kappa shape index (κ2) is 10.6. The zero-order chi connectivity index (χ0) is 22.5. The van der Waals surface area contributed by atoms with E-state index in [9.17, 15) is 18.3 Å². The number of benzene rings is 1. The third kappa shape index (κ3) is 4.62. The zero-order valence-electron chi connectivity index (χ0n) is 18.0. The molecule has 0 amide bonds. The van der Waals surface area contributed by atoms with Crippen LogP contribution in [0.4, 0.5) is 0 Å². The van der Waals surface area contributed by atoms with Gasteiger partial charge in [0.15, 0.2) is 0 Å². The summed E-state index contributed by atoms with van der Waals surface area (Å²) in [5, 5.41) is 9.78. The Morgan fingerprint density at radius 2 is 2.00 bits per heavy atom. The van der Waals surface area contributed by atoms with Crippen molar-refractivity contribution in [3.05, 3.63) is 41.0 Å². The van der Waals surface area contributed by atoms with Gasteiger partial charge in [0, 0.05) is 12.2 Å². The highest BCUT2D eigenvalue weighted by atomic mass is 32.3. The van der Waals surface area contributed by atoms with Crippen LogP contribution in [0.25, 0.3) is 5.57 Å². The predicted octanol–water partition coefficient (Wildman–Crippen LogP) is 2.02. The third-order valence-corrected chi connectivity index (χ3v) is 9.62. The number of carbonyl (C=O) groups excluding carboxylic acids is 1. The first-order chi connectivity index (χ1) is 14.9. The molecule has 1 aliphatic carbocycles. The molecule has 0 spiro atoms. The van der Waals surface area contributed by atoms with Gasteiger partial charge >= 0.3 is 0 Å². The van der Waals surface area contributed by atoms with Crippen LogP contribution in [-0.4, -0.2) is 62.0 Å². The van der Waals surface area contributed by atoms with Gasteiger partial charge in [0.25, 0.3) is 0 Å². The number of likely N-dealkylation sites (tertiary alicyclic amines) is 1. The monoisotopic (exact) mass is 467 g/mol. The minimum absolute atomic E-state index is 0.0131. The van der Waals surface area contributed by atoms with Crippen LogP contribution in [0, 0.1) is 0 Å². The van der Waals surface area contributed by atoms with Crippen LogP contribution in [-0.2, 0) is 20.4 Å². The second-order valence-corrected chi connectivity index (χ2v) is 11.1. The summed E-state index contributed by atoms with van der Waals surface area (Å²) in [7, 11) is -3.91. The van der Waals surface area contributed by atoms with Crippen LogP contribution < -0.4 is 9.86 Å². The SMILES string of the molecule is CC1=C(CC=O)C(S(=O)(=O)NSCCCCN)C(CO)(N2CCCC2)c2ccccc21. The molecule has 1 aromatic carbocycles. The Bertz CT molecular complexity index is 913. The number of carbonyl (C=O) groups is 1. The minimum Gasteiger partial charge on any atom is -0.394 e. The molecule has 1 saturated heterocycles. The van der Waals surface area contributed by atoms with Crippen LogP contribution in [0.3, 0.4) is 0 Å². The van der Waals surface area contributed by atoms with Crippen LogP contribution in [0.5, 0.6) is 0 Å². The van der Waals surface area contributed by atoms with Gasteiger partial charge < -0.3 is 15.6 Å². The van der Waals surface area contributed by atoms with Gasteiger partial charge in [-0.1, -0.05) is 36.2 Å². The first-order valence-electron chi connectivity index (χ1n) is 10.9. The van der Waals surface area contributed by atoms with E-state index in [1.165, 1.54) is 0 Å². The Morgan fingerprint density at radius 1 is 1.29 bits per heavy atom. The number of aliphatic hydroxyl groups is 1. The molecule has 1 aromatic rings. The van der Waals surface area contributed by atoms with Gasteiger partial charge in [0.2, 0.25) is 10.0 Å². The molecule has 31 heavy (non-hydrogen) atoms. The van der Waals surface area contributed by atoms with Crippen molar-refractivity contribution in [2.75, 3.05) is 32.0 Å². The largest absolute Gasteiger partial charge is 0.394 e. The maximum Gasteiger partial charge on any atom is 0.229 e. The van der Waals surface area contributed by atoms with Crippen molar-refractivity contribution in [1.29, 1.82) is 0 Å². The lowest BCUT2D eigenvalue weighted by Crippen LogP contribution is -2.62. The topological polar surface area (TPSA) is 113 Å². The molecule has 9 heteroatoms. The van der Waals surface area contributed by atoms with Crippen molar-refractivity contribution in [1.82, 2.24) is 9.03 Å². The molecular formula is C22H33N3O4S2. The first-order valence-corrected chi connectivity index (χ1v) is 13.4. The number of fused-ring (bicyclic) bond motifs is 1. The van der Waals surface area contributed by atoms with Gasteiger partial charge in [0.1, 0.15) is 11.5 Å². The Balaban J connectivity index is 2.13. The van der Waals surface area contributed by atoms with Crippen LogP contribution >= 0.6 is 11.9 Å². The lowest BCUT2D eigenvalue weighted by Gasteiger charge is -2.50. The van der Waals surface area contributed by atoms with Crippen molar-refractivity contribution in [2.45, 2.75) is 49.8 Å². The van der Waals surface area contributed by atoms with Crippen molar-refractivity contribution in [3.63, 3.8) is 0 Å². The molecule has 0 saturated carbocycles. The number of allylic oxidation sites excluding steroid dienone is 1. The Kier molecular flexibility index (Phi) is 8.34. The van der Waals surface area contributed by atoms with E-state index in [1.54, 1.807) is 0 Å². The third-order valence-electron chi connectivity index (χ3n) is 6.43. The fourth-order valence-electron chi connectivity index (χ4n) is 4.99. The summed E-state index contributed by atoms with van der Waals surface area (Å²) in [6, 6.07) is 7.67. The fraction of sp³-hybridized carbons (Fsp3) is 0.591. The van der Waals surface area contributed by atoms with Crippen molar-refractivity contribution in [2.24, 2.45) is 5.73 Å².